The number of aromatic nitrogens is 3. The van der Waals surface area contributed by atoms with Crippen molar-refractivity contribution in [3.05, 3.63) is 51.7 Å². The van der Waals surface area contributed by atoms with Crippen LogP contribution in [0.15, 0.2) is 35.3 Å². The highest BCUT2D eigenvalue weighted by Gasteiger charge is 2.14. The lowest BCUT2D eigenvalue weighted by molar-refractivity contribution is 0.203. The maximum absolute atomic E-state index is 14.3. The van der Waals surface area contributed by atoms with E-state index in [-0.39, 0.29) is 16.1 Å². The van der Waals surface area contributed by atoms with Gasteiger partial charge in [0.1, 0.15) is 5.52 Å². The van der Waals surface area contributed by atoms with Crippen LogP contribution in [0, 0.1) is 5.82 Å². The first-order valence-electron chi connectivity index (χ1n) is 9.54. The number of benzene rings is 1. The van der Waals surface area contributed by atoms with Crippen LogP contribution < -0.4 is 10.3 Å². The number of fused-ring (bicyclic) bond motifs is 1. The van der Waals surface area contributed by atoms with Gasteiger partial charge in [-0.2, -0.15) is 0 Å². The molecule has 8 heteroatoms. The lowest BCUT2D eigenvalue weighted by Crippen LogP contribution is -2.31. The maximum Gasteiger partial charge on any atom is 0.274 e. The van der Waals surface area contributed by atoms with E-state index in [1.165, 1.54) is 29.8 Å². The largest absolute Gasteiger partial charge is 0.477 e. The highest BCUT2D eigenvalue weighted by atomic mass is 35.5. The average molecular weight is 405 g/mol. The fraction of sp³-hybridized carbons (Fsp3) is 0.400. The van der Waals surface area contributed by atoms with Crippen LogP contribution in [0.4, 0.5) is 4.39 Å². The Hall–Kier alpha value is -2.38. The number of aromatic amines is 1. The first-order chi connectivity index (χ1) is 13.6. The molecule has 1 aliphatic rings. The van der Waals surface area contributed by atoms with Gasteiger partial charge in [-0.15, -0.1) is 5.10 Å². The SMILES string of the molecule is O=c1[nH]c(-c2cccc(Cl)c2F)cn2nc(OCCCN3CCCCC3)cc12. The standard InChI is InChI=1S/C20H22ClFN4O2/c21-15-7-4-6-14(19(15)22)16-13-26-17(20(27)23-16)12-18(24-26)28-11-5-10-25-8-2-1-3-9-25/h4,6-7,12-13H,1-3,5,8-11H2,(H,23,27). The van der Waals surface area contributed by atoms with E-state index in [4.69, 9.17) is 16.3 Å². The van der Waals surface area contributed by atoms with Gasteiger partial charge < -0.3 is 14.6 Å². The highest BCUT2D eigenvalue weighted by Crippen LogP contribution is 2.26. The van der Waals surface area contributed by atoms with Gasteiger partial charge in [-0.1, -0.05) is 24.1 Å². The minimum Gasteiger partial charge on any atom is -0.477 e. The van der Waals surface area contributed by atoms with E-state index in [0.717, 1.165) is 26.1 Å². The van der Waals surface area contributed by atoms with E-state index in [1.54, 1.807) is 24.4 Å². The zero-order valence-electron chi connectivity index (χ0n) is 15.5. The molecule has 1 aromatic carbocycles. The maximum atomic E-state index is 14.3. The Labute approximate surface area is 166 Å². The topological polar surface area (TPSA) is 62.6 Å². The molecule has 148 valence electrons. The molecule has 0 radical (unpaired) electrons. The second-order valence-electron chi connectivity index (χ2n) is 7.01. The number of H-pyrrole nitrogens is 1. The monoisotopic (exact) mass is 404 g/mol. The summed E-state index contributed by atoms with van der Waals surface area (Å²) in [5.74, 6) is -0.201. The number of nitrogens with zero attached hydrogens (tertiary/aromatic N) is 3. The van der Waals surface area contributed by atoms with Crippen LogP contribution in [0.3, 0.4) is 0 Å². The van der Waals surface area contributed by atoms with Crippen LogP contribution >= 0.6 is 11.6 Å². The van der Waals surface area contributed by atoms with Gasteiger partial charge in [0.15, 0.2) is 5.82 Å². The van der Waals surface area contributed by atoms with Gasteiger partial charge >= 0.3 is 0 Å². The van der Waals surface area contributed by atoms with Gasteiger partial charge in [-0.3, -0.25) is 4.79 Å². The molecule has 0 saturated carbocycles. The first-order valence-corrected chi connectivity index (χ1v) is 9.92. The molecular weight excluding hydrogens is 383 g/mol. The third-order valence-electron chi connectivity index (χ3n) is 5.00. The zero-order chi connectivity index (χ0) is 19.5. The summed E-state index contributed by atoms with van der Waals surface area (Å²) in [6, 6.07) is 6.24. The fourth-order valence-electron chi connectivity index (χ4n) is 3.55. The van der Waals surface area contributed by atoms with Gasteiger partial charge in [0.2, 0.25) is 5.88 Å². The fourth-order valence-corrected chi connectivity index (χ4v) is 3.72. The second-order valence-corrected chi connectivity index (χ2v) is 7.42. The summed E-state index contributed by atoms with van der Waals surface area (Å²) in [4.78, 5) is 17.5. The molecule has 4 rings (SSSR count). The molecule has 3 heterocycles. The van der Waals surface area contributed by atoms with Crippen LogP contribution in [0.5, 0.6) is 5.88 Å². The van der Waals surface area contributed by atoms with Crippen molar-refractivity contribution in [3.8, 4) is 17.1 Å². The van der Waals surface area contributed by atoms with Gasteiger partial charge in [0.05, 0.1) is 23.5 Å². The molecule has 0 aliphatic carbocycles. The number of hydrogen-bond acceptors (Lipinski definition) is 4. The van der Waals surface area contributed by atoms with Crippen molar-refractivity contribution < 1.29 is 9.13 Å². The van der Waals surface area contributed by atoms with Gasteiger partial charge in [-0.25, -0.2) is 8.91 Å². The Bertz CT molecular complexity index is 1030. The molecule has 2 aromatic heterocycles. The van der Waals surface area contributed by atoms with Crippen molar-refractivity contribution in [2.45, 2.75) is 25.7 Å². The Morgan fingerprint density at radius 3 is 2.89 bits per heavy atom. The Balaban J connectivity index is 1.47. The minimum atomic E-state index is -0.583. The number of rotatable bonds is 6. The van der Waals surface area contributed by atoms with E-state index in [0.29, 0.717) is 23.7 Å². The van der Waals surface area contributed by atoms with Crippen molar-refractivity contribution >= 4 is 17.1 Å². The number of hydrogen-bond donors (Lipinski definition) is 1. The van der Waals surface area contributed by atoms with Crippen LogP contribution in [0.2, 0.25) is 5.02 Å². The van der Waals surface area contributed by atoms with Gasteiger partial charge in [-0.05, 0) is 44.5 Å². The third-order valence-corrected chi connectivity index (χ3v) is 5.30. The summed E-state index contributed by atoms with van der Waals surface area (Å²) in [7, 11) is 0. The molecule has 3 aromatic rings. The average Bonchev–Trinajstić information content (AvgIpc) is 3.12. The molecule has 1 fully saturated rings. The van der Waals surface area contributed by atoms with Gasteiger partial charge in [0, 0.05) is 18.2 Å². The molecule has 0 atom stereocenters. The molecule has 28 heavy (non-hydrogen) atoms. The predicted molar refractivity (Wildman–Crippen MR) is 107 cm³/mol. The normalized spacial score (nSPS) is 15.2. The van der Waals surface area contributed by atoms with Crippen molar-refractivity contribution in [3.63, 3.8) is 0 Å². The Morgan fingerprint density at radius 1 is 1.25 bits per heavy atom. The van der Waals surface area contributed by atoms with Crippen molar-refractivity contribution in [1.82, 2.24) is 19.5 Å². The van der Waals surface area contributed by atoms with E-state index < -0.39 is 5.82 Å². The predicted octanol–water partition coefficient (Wildman–Crippen LogP) is 3.74. The van der Waals surface area contributed by atoms with Crippen LogP contribution in [-0.4, -0.2) is 45.7 Å². The molecule has 6 nitrogen and oxygen atoms in total. The first kappa shape index (κ1) is 19.0. The van der Waals surface area contributed by atoms with Crippen LogP contribution in [0.1, 0.15) is 25.7 Å². The summed E-state index contributed by atoms with van der Waals surface area (Å²) in [5.41, 5.74) is 0.494. The number of likely N-dealkylation sites (tertiary alicyclic amines) is 1. The van der Waals surface area contributed by atoms with Gasteiger partial charge in [0.25, 0.3) is 5.56 Å². The Kier molecular flexibility index (Phi) is 5.64. The summed E-state index contributed by atoms with van der Waals surface area (Å²) in [6.07, 6.45) is 6.33. The smallest absolute Gasteiger partial charge is 0.274 e. The molecule has 0 spiro atoms. The van der Waals surface area contributed by atoms with Crippen LogP contribution in [0.25, 0.3) is 16.8 Å². The molecule has 0 bridgehead atoms. The molecular formula is C20H22ClFN4O2. The van der Waals surface area contributed by atoms with Crippen molar-refractivity contribution in [2.24, 2.45) is 0 Å². The lowest BCUT2D eigenvalue weighted by Gasteiger charge is -2.26. The molecule has 0 unspecified atom stereocenters. The van der Waals surface area contributed by atoms with Crippen LogP contribution in [-0.2, 0) is 0 Å². The Morgan fingerprint density at radius 2 is 2.07 bits per heavy atom. The van der Waals surface area contributed by atoms with E-state index in [1.807, 2.05) is 0 Å². The van der Waals surface area contributed by atoms with Crippen molar-refractivity contribution in [1.29, 1.82) is 0 Å². The summed E-state index contributed by atoms with van der Waals surface area (Å²) >= 11 is 5.84. The quantitative estimate of drug-likeness (QED) is 0.636. The lowest BCUT2D eigenvalue weighted by atomic mass is 10.1. The van der Waals surface area contributed by atoms with E-state index in [2.05, 4.69) is 15.0 Å². The minimum absolute atomic E-state index is 0.00311. The number of nitrogens with one attached hydrogen (secondary N) is 1. The summed E-state index contributed by atoms with van der Waals surface area (Å²) < 4.78 is 21.4. The summed E-state index contributed by atoms with van der Waals surface area (Å²) in [5, 5.41) is 4.30. The van der Waals surface area contributed by atoms with E-state index >= 15 is 0 Å². The third kappa shape index (κ3) is 4.05. The molecule has 1 N–H and O–H groups in total. The molecule has 1 aliphatic heterocycles. The molecule has 0 amide bonds. The summed E-state index contributed by atoms with van der Waals surface area (Å²) in [6.45, 7) is 3.86. The highest BCUT2D eigenvalue weighted by molar-refractivity contribution is 6.31. The van der Waals surface area contributed by atoms with Crippen molar-refractivity contribution in [2.75, 3.05) is 26.2 Å². The molecule has 1 saturated heterocycles. The number of halogens is 2. The second kappa shape index (κ2) is 8.32. The van der Waals surface area contributed by atoms with E-state index in [9.17, 15) is 9.18 Å². The number of ether oxygens (including phenoxy) is 1. The zero-order valence-corrected chi connectivity index (χ0v) is 16.2. The number of piperidine rings is 1.